The largest absolute Gasteiger partial charge is 0.496 e. The van der Waals surface area contributed by atoms with Crippen molar-refractivity contribution < 1.29 is 14.6 Å². The zero-order valence-corrected chi connectivity index (χ0v) is 17.6. The van der Waals surface area contributed by atoms with Crippen LogP contribution in [0.25, 0.3) is 11.1 Å². The predicted molar refractivity (Wildman–Crippen MR) is 116 cm³/mol. The van der Waals surface area contributed by atoms with Gasteiger partial charge in [-0.2, -0.15) is 0 Å². The second kappa shape index (κ2) is 9.10. The summed E-state index contributed by atoms with van der Waals surface area (Å²) in [5, 5.41) is 9.62. The lowest BCUT2D eigenvalue weighted by molar-refractivity contribution is 0.294. The Morgan fingerprint density at radius 1 is 0.966 bits per heavy atom. The van der Waals surface area contributed by atoms with Gasteiger partial charge in [-0.15, -0.1) is 0 Å². The normalized spacial score (nSPS) is 11.3. The lowest BCUT2D eigenvalue weighted by Gasteiger charge is -2.25. The van der Waals surface area contributed by atoms with Gasteiger partial charge < -0.3 is 14.6 Å². The maximum Gasteiger partial charge on any atom is 0.221 e. The molecule has 0 radical (unpaired) electrons. The van der Waals surface area contributed by atoms with Crippen LogP contribution in [0.5, 0.6) is 11.6 Å². The van der Waals surface area contributed by atoms with Gasteiger partial charge in [0, 0.05) is 23.9 Å². The van der Waals surface area contributed by atoms with E-state index in [1.165, 1.54) is 0 Å². The Morgan fingerprint density at radius 2 is 1.72 bits per heavy atom. The number of benzene rings is 2. The minimum Gasteiger partial charge on any atom is -0.496 e. The fourth-order valence-corrected chi connectivity index (χ4v) is 3.39. The minimum absolute atomic E-state index is 0.0610. The molecule has 0 amide bonds. The number of pyridine rings is 1. The summed E-state index contributed by atoms with van der Waals surface area (Å²) < 4.78 is 11.7. The molecule has 3 aromatic rings. The molecule has 0 saturated heterocycles. The lowest BCUT2D eigenvalue weighted by Crippen LogP contribution is -2.14. The topological polar surface area (TPSA) is 51.6 Å². The van der Waals surface area contributed by atoms with Crippen molar-refractivity contribution in [1.29, 1.82) is 0 Å². The molecule has 0 saturated carbocycles. The number of methoxy groups -OCH3 is 1. The molecule has 0 aliphatic rings. The molecule has 152 valence electrons. The van der Waals surface area contributed by atoms with Gasteiger partial charge in [0.1, 0.15) is 12.4 Å². The summed E-state index contributed by atoms with van der Waals surface area (Å²) in [6.45, 7) is 7.00. The number of hydrogen-bond acceptors (Lipinski definition) is 4. The molecule has 0 fully saturated rings. The van der Waals surface area contributed by atoms with Gasteiger partial charge in [0.25, 0.3) is 0 Å². The van der Waals surface area contributed by atoms with E-state index in [0.717, 1.165) is 33.6 Å². The summed E-state index contributed by atoms with van der Waals surface area (Å²) in [5.74, 6) is 1.42. The van der Waals surface area contributed by atoms with Gasteiger partial charge in [0.05, 0.1) is 7.11 Å². The predicted octanol–water partition coefficient (Wildman–Crippen LogP) is 5.17. The molecular formula is C25H29NO3. The monoisotopic (exact) mass is 391 g/mol. The van der Waals surface area contributed by atoms with Gasteiger partial charge >= 0.3 is 0 Å². The Morgan fingerprint density at radius 3 is 2.38 bits per heavy atom. The van der Waals surface area contributed by atoms with Crippen LogP contribution in [-0.2, 0) is 18.4 Å². The van der Waals surface area contributed by atoms with Gasteiger partial charge in [0.2, 0.25) is 5.88 Å². The Balaban J connectivity index is 2.07. The summed E-state index contributed by atoms with van der Waals surface area (Å²) in [6, 6.07) is 18.2. The maximum absolute atomic E-state index is 9.62. The van der Waals surface area contributed by atoms with Crippen LogP contribution in [0.1, 0.15) is 37.5 Å². The SMILES string of the molecule is COc1cc(CCO)c(-c2cccnc2OCc2ccccc2)cc1C(C)(C)C. The fourth-order valence-electron chi connectivity index (χ4n) is 3.39. The number of aliphatic hydroxyl groups excluding tert-OH is 1. The van der Waals surface area contributed by atoms with E-state index in [9.17, 15) is 5.11 Å². The smallest absolute Gasteiger partial charge is 0.221 e. The van der Waals surface area contributed by atoms with E-state index in [-0.39, 0.29) is 12.0 Å². The average Bonchev–Trinajstić information content (AvgIpc) is 2.72. The van der Waals surface area contributed by atoms with E-state index < -0.39 is 0 Å². The zero-order chi connectivity index (χ0) is 20.9. The number of nitrogens with zero attached hydrogens (tertiary/aromatic N) is 1. The molecule has 29 heavy (non-hydrogen) atoms. The average molecular weight is 392 g/mol. The van der Waals surface area contributed by atoms with Crippen molar-refractivity contribution >= 4 is 0 Å². The Bertz CT molecular complexity index is 946. The number of aromatic nitrogens is 1. The number of rotatable bonds is 7. The molecular weight excluding hydrogens is 362 g/mol. The van der Waals surface area contributed by atoms with Crippen molar-refractivity contribution in [2.75, 3.05) is 13.7 Å². The molecule has 0 spiro atoms. The fraction of sp³-hybridized carbons (Fsp3) is 0.320. The van der Waals surface area contributed by atoms with E-state index in [2.05, 4.69) is 31.8 Å². The Kier molecular flexibility index (Phi) is 6.55. The molecule has 0 atom stereocenters. The lowest BCUT2D eigenvalue weighted by atomic mass is 9.83. The number of aliphatic hydroxyl groups is 1. The van der Waals surface area contributed by atoms with Crippen molar-refractivity contribution in [3.63, 3.8) is 0 Å². The van der Waals surface area contributed by atoms with E-state index >= 15 is 0 Å². The Hall–Kier alpha value is -2.85. The van der Waals surface area contributed by atoms with E-state index in [0.29, 0.717) is 18.9 Å². The van der Waals surface area contributed by atoms with Crippen LogP contribution >= 0.6 is 0 Å². The summed E-state index contributed by atoms with van der Waals surface area (Å²) >= 11 is 0. The van der Waals surface area contributed by atoms with Gasteiger partial charge in [-0.05, 0) is 52.8 Å². The van der Waals surface area contributed by atoms with Gasteiger partial charge in [-0.1, -0.05) is 51.1 Å². The van der Waals surface area contributed by atoms with Crippen molar-refractivity contribution in [2.24, 2.45) is 0 Å². The van der Waals surface area contributed by atoms with E-state index in [1.807, 2.05) is 48.5 Å². The third-order valence-electron chi connectivity index (χ3n) is 4.89. The summed E-state index contributed by atoms with van der Waals surface area (Å²) in [7, 11) is 1.69. The second-order valence-corrected chi connectivity index (χ2v) is 8.06. The third-order valence-corrected chi connectivity index (χ3v) is 4.89. The first-order valence-corrected chi connectivity index (χ1v) is 9.88. The molecule has 0 bridgehead atoms. The van der Waals surface area contributed by atoms with Crippen molar-refractivity contribution in [3.8, 4) is 22.8 Å². The number of ether oxygens (including phenoxy) is 2. The summed E-state index contributed by atoms with van der Waals surface area (Å²) in [5.41, 5.74) is 5.04. The highest BCUT2D eigenvalue weighted by molar-refractivity contribution is 5.74. The first-order chi connectivity index (χ1) is 13.9. The maximum atomic E-state index is 9.62. The van der Waals surface area contributed by atoms with Crippen LogP contribution in [0, 0.1) is 0 Å². The first-order valence-electron chi connectivity index (χ1n) is 9.88. The molecule has 2 aromatic carbocycles. The van der Waals surface area contributed by atoms with E-state index in [4.69, 9.17) is 9.47 Å². The summed E-state index contributed by atoms with van der Waals surface area (Å²) in [6.07, 6.45) is 2.27. The molecule has 4 nitrogen and oxygen atoms in total. The van der Waals surface area contributed by atoms with Crippen molar-refractivity contribution in [1.82, 2.24) is 4.98 Å². The van der Waals surface area contributed by atoms with Crippen LogP contribution < -0.4 is 9.47 Å². The van der Waals surface area contributed by atoms with Gasteiger partial charge in [-0.3, -0.25) is 0 Å². The van der Waals surface area contributed by atoms with Crippen LogP contribution in [0.2, 0.25) is 0 Å². The van der Waals surface area contributed by atoms with Crippen LogP contribution in [0.15, 0.2) is 60.8 Å². The van der Waals surface area contributed by atoms with Crippen LogP contribution in [-0.4, -0.2) is 23.8 Å². The van der Waals surface area contributed by atoms with Gasteiger partial charge in [0.15, 0.2) is 0 Å². The minimum atomic E-state index is -0.0922. The number of hydrogen-bond donors (Lipinski definition) is 1. The molecule has 0 aliphatic heterocycles. The second-order valence-electron chi connectivity index (χ2n) is 8.06. The highest BCUT2D eigenvalue weighted by atomic mass is 16.5. The molecule has 1 heterocycles. The quantitative estimate of drug-likeness (QED) is 0.604. The van der Waals surface area contributed by atoms with Crippen LogP contribution in [0.4, 0.5) is 0 Å². The van der Waals surface area contributed by atoms with Crippen molar-refractivity contribution in [3.05, 3.63) is 77.5 Å². The molecule has 3 rings (SSSR count). The van der Waals surface area contributed by atoms with Crippen LogP contribution in [0.3, 0.4) is 0 Å². The first kappa shape index (κ1) is 20.9. The van der Waals surface area contributed by atoms with E-state index in [1.54, 1.807) is 13.3 Å². The van der Waals surface area contributed by atoms with Gasteiger partial charge in [-0.25, -0.2) is 4.98 Å². The molecule has 4 heteroatoms. The molecule has 1 N–H and O–H groups in total. The standard InChI is InChI=1S/C25H29NO3/c1-25(2,3)22-16-21(19(12-14-27)15-23(22)28-4)20-11-8-13-26-24(20)29-17-18-9-6-5-7-10-18/h5-11,13,15-16,27H,12,14,17H2,1-4H3. The summed E-state index contributed by atoms with van der Waals surface area (Å²) in [4.78, 5) is 4.49. The van der Waals surface area contributed by atoms with Crippen molar-refractivity contribution in [2.45, 2.75) is 39.2 Å². The zero-order valence-electron chi connectivity index (χ0n) is 17.6. The third kappa shape index (κ3) is 4.96. The highest BCUT2D eigenvalue weighted by Gasteiger charge is 2.23. The Labute approximate surface area is 173 Å². The molecule has 0 unspecified atom stereocenters. The molecule has 1 aromatic heterocycles. The molecule has 0 aliphatic carbocycles. The highest BCUT2D eigenvalue weighted by Crippen LogP contribution is 2.40.